The largest absolute Gasteiger partial charge is 0.478 e. The Balaban J connectivity index is 0.000000342. The molecule has 0 radical (unpaired) electrons. The van der Waals surface area contributed by atoms with Crippen LogP contribution in [0, 0.1) is 0 Å². The summed E-state index contributed by atoms with van der Waals surface area (Å²) >= 11 is 0. The summed E-state index contributed by atoms with van der Waals surface area (Å²) in [6.07, 6.45) is 3.50. The summed E-state index contributed by atoms with van der Waals surface area (Å²) in [6, 6.07) is 22.6. The molecule has 5 heteroatoms. The molecule has 0 aliphatic rings. The van der Waals surface area contributed by atoms with Crippen molar-refractivity contribution in [2.45, 2.75) is 12.5 Å². The van der Waals surface area contributed by atoms with E-state index in [2.05, 4.69) is 4.98 Å². The van der Waals surface area contributed by atoms with Crippen molar-refractivity contribution in [1.29, 1.82) is 0 Å². The zero-order chi connectivity index (χ0) is 18.8. The molecule has 1 aromatic heterocycles. The van der Waals surface area contributed by atoms with Gasteiger partial charge in [0.1, 0.15) is 0 Å². The number of hydrogen-bond donors (Lipinski definition) is 1. The molecule has 0 aliphatic heterocycles. The van der Waals surface area contributed by atoms with E-state index < -0.39 is 17.5 Å². The lowest BCUT2D eigenvalue weighted by Gasteiger charge is -2.29. The van der Waals surface area contributed by atoms with Crippen LogP contribution in [0.25, 0.3) is 0 Å². The minimum Gasteiger partial charge on any atom is -0.478 e. The van der Waals surface area contributed by atoms with Crippen LogP contribution in [0.4, 0.5) is 0 Å². The molecular formula is C21H19NO4. The molecule has 132 valence electrons. The Morgan fingerprint density at radius 1 is 0.808 bits per heavy atom. The van der Waals surface area contributed by atoms with Gasteiger partial charge in [-0.05, 0) is 12.1 Å². The van der Waals surface area contributed by atoms with Crippen LogP contribution in [-0.4, -0.2) is 22.0 Å². The van der Waals surface area contributed by atoms with Gasteiger partial charge < -0.3 is 9.84 Å². The van der Waals surface area contributed by atoms with Crippen LogP contribution in [0.3, 0.4) is 0 Å². The van der Waals surface area contributed by atoms with Gasteiger partial charge in [0.15, 0.2) is 0 Å². The van der Waals surface area contributed by atoms with E-state index in [0.29, 0.717) is 11.1 Å². The molecule has 0 fully saturated rings. The second kappa shape index (κ2) is 9.13. The van der Waals surface area contributed by atoms with Crippen molar-refractivity contribution >= 4 is 11.9 Å². The van der Waals surface area contributed by atoms with E-state index in [9.17, 15) is 14.7 Å². The number of benzene rings is 2. The molecule has 1 heterocycles. The van der Waals surface area contributed by atoms with Crippen molar-refractivity contribution in [2.75, 3.05) is 0 Å². The van der Waals surface area contributed by atoms with Gasteiger partial charge >= 0.3 is 11.9 Å². The maximum absolute atomic E-state index is 11.9. The molecule has 0 saturated carbocycles. The summed E-state index contributed by atoms with van der Waals surface area (Å²) in [5.41, 5.74) is -1.03. The molecule has 0 saturated heterocycles. The SMILES string of the molecule is CC(=O)OC(C(=O)O)(c1ccccc1)c1ccccc1.c1ccncc1. The van der Waals surface area contributed by atoms with Crippen molar-refractivity contribution in [1.82, 2.24) is 4.98 Å². The molecule has 2 aromatic carbocycles. The first-order valence-electron chi connectivity index (χ1n) is 7.96. The van der Waals surface area contributed by atoms with Crippen molar-refractivity contribution in [2.24, 2.45) is 0 Å². The number of ether oxygens (including phenoxy) is 1. The van der Waals surface area contributed by atoms with E-state index in [1.165, 1.54) is 6.92 Å². The third-order valence-corrected chi connectivity index (χ3v) is 3.53. The number of aromatic nitrogens is 1. The van der Waals surface area contributed by atoms with Crippen LogP contribution in [-0.2, 0) is 19.9 Å². The summed E-state index contributed by atoms with van der Waals surface area (Å²) in [5.74, 6) is -1.88. The maximum Gasteiger partial charge on any atom is 0.357 e. The molecular weight excluding hydrogens is 330 g/mol. The lowest BCUT2D eigenvalue weighted by molar-refractivity contribution is -0.173. The van der Waals surface area contributed by atoms with E-state index in [0.717, 1.165) is 0 Å². The van der Waals surface area contributed by atoms with E-state index in [1.807, 2.05) is 18.2 Å². The van der Waals surface area contributed by atoms with Crippen LogP contribution < -0.4 is 0 Å². The highest BCUT2D eigenvalue weighted by molar-refractivity contribution is 5.87. The lowest BCUT2D eigenvalue weighted by Crippen LogP contribution is -2.41. The standard InChI is InChI=1S/C16H14O4.C5H5N/c1-12(17)20-16(15(18)19,13-8-4-2-5-9-13)14-10-6-3-7-11-14;1-2-4-6-5-3-1/h2-11H,1H3,(H,18,19);1-5H. The van der Waals surface area contributed by atoms with Gasteiger partial charge in [-0.1, -0.05) is 66.7 Å². The van der Waals surface area contributed by atoms with Crippen LogP contribution in [0.15, 0.2) is 91.3 Å². The number of carboxylic acids is 1. The van der Waals surface area contributed by atoms with E-state index in [4.69, 9.17) is 4.74 Å². The number of rotatable bonds is 4. The van der Waals surface area contributed by atoms with Crippen LogP contribution in [0.5, 0.6) is 0 Å². The highest BCUT2D eigenvalue weighted by atomic mass is 16.6. The second-order valence-electron chi connectivity index (χ2n) is 5.34. The summed E-state index contributed by atoms with van der Waals surface area (Å²) in [6.45, 7) is 1.20. The zero-order valence-corrected chi connectivity index (χ0v) is 14.3. The molecule has 3 aromatic rings. The Bertz CT molecular complexity index is 754. The average molecular weight is 349 g/mol. The summed E-state index contributed by atoms with van der Waals surface area (Å²) in [7, 11) is 0. The topological polar surface area (TPSA) is 76.5 Å². The highest BCUT2D eigenvalue weighted by Crippen LogP contribution is 2.34. The molecule has 26 heavy (non-hydrogen) atoms. The quantitative estimate of drug-likeness (QED) is 0.728. The van der Waals surface area contributed by atoms with Crippen molar-refractivity contribution in [3.63, 3.8) is 0 Å². The van der Waals surface area contributed by atoms with Gasteiger partial charge in [0.25, 0.3) is 5.60 Å². The molecule has 0 atom stereocenters. The third kappa shape index (κ3) is 4.54. The molecule has 1 N–H and O–H groups in total. The second-order valence-corrected chi connectivity index (χ2v) is 5.34. The smallest absolute Gasteiger partial charge is 0.357 e. The van der Waals surface area contributed by atoms with Gasteiger partial charge in [-0.15, -0.1) is 0 Å². The molecule has 5 nitrogen and oxygen atoms in total. The molecule has 0 bridgehead atoms. The minimum absolute atomic E-state index is 0.397. The van der Waals surface area contributed by atoms with Gasteiger partial charge in [0.05, 0.1) is 0 Å². The number of esters is 1. The van der Waals surface area contributed by atoms with Crippen LogP contribution in [0.1, 0.15) is 18.1 Å². The van der Waals surface area contributed by atoms with Gasteiger partial charge in [-0.2, -0.15) is 0 Å². The maximum atomic E-state index is 11.9. The summed E-state index contributed by atoms with van der Waals surface area (Å²) < 4.78 is 5.23. The fourth-order valence-corrected chi connectivity index (χ4v) is 2.45. The molecule has 0 spiro atoms. The molecule has 0 unspecified atom stereocenters. The Hall–Kier alpha value is -3.47. The van der Waals surface area contributed by atoms with Gasteiger partial charge in [0.2, 0.25) is 0 Å². The monoisotopic (exact) mass is 349 g/mol. The van der Waals surface area contributed by atoms with E-state index in [1.54, 1.807) is 73.1 Å². The van der Waals surface area contributed by atoms with Crippen molar-refractivity contribution < 1.29 is 19.4 Å². The number of carbonyl (C=O) groups is 2. The van der Waals surface area contributed by atoms with E-state index >= 15 is 0 Å². The number of carboxylic acid groups (broad SMARTS) is 1. The Morgan fingerprint density at radius 2 is 1.23 bits per heavy atom. The first-order chi connectivity index (χ1) is 12.6. The number of carbonyl (C=O) groups excluding carboxylic acids is 1. The third-order valence-electron chi connectivity index (χ3n) is 3.53. The zero-order valence-electron chi connectivity index (χ0n) is 14.3. The molecule has 3 rings (SSSR count). The van der Waals surface area contributed by atoms with Crippen molar-refractivity contribution in [3.05, 3.63) is 102 Å². The van der Waals surface area contributed by atoms with Crippen LogP contribution in [0.2, 0.25) is 0 Å². The number of hydrogen-bond acceptors (Lipinski definition) is 4. The fraction of sp³-hybridized carbons (Fsp3) is 0.0952. The van der Waals surface area contributed by atoms with Gasteiger partial charge in [0, 0.05) is 30.4 Å². The fourth-order valence-electron chi connectivity index (χ4n) is 2.45. The van der Waals surface area contributed by atoms with Gasteiger partial charge in [-0.3, -0.25) is 9.78 Å². The summed E-state index contributed by atoms with van der Waals surface area (Å²) in [4.78, 5) is 27.1. The lowest BCUT2D eigenvalue weighted by atomic mass is 9.86. The first kappa shape index (κ1) is 18.9. The van der Waals surface area contributed by atoms with Crippen LogP contribution >= 0.6 is 0 Å². The van der Waals surface area contributed by atoms with Gasteiger partial charge in [-0.25, -0.2) is 4.79 Å². The number of nitrogens with zero attached hydrogens (tertiary/aromatic N) is 1. The minimum atomic E-state index is -1.83. The molecule has 0 amide bonds. The molecule has 0 aliphatic carbocycles. The van der Waals surface area contributed by atoms with E-state index in [-0.39, 0.29) is 0 Å². The predicted octanol–water partition coefficient (Wildman–Crippen LogP) is 3.66. The Kier molecular flexibility index (Phi) is 6.62. The average Bonchev–Trinajstić information content (AvgIpc) is 2.69. The Labute approximate surface area is 151 Å². The number of aliphatic carboxylic acids is 1. The number of pyridine rings is 1. The predicted molar refractivity (Wildman–Crippen MR) is 97.3 cm³/mol. The Morgan fingerprint density at radius 3 is 1.50 bits per heavy atom. The first-order valence-corrected chi connectivity index (χ1v) is 7.96. The summed E-state index contributed by atoms with van der Waals surface area (Å²) in [5, 5.41) is 9.70. The van der Waals surface area contributed by atoms with Crippen molar-refractivity contribution in [3.8, 4) is 0 Å². The normalized spacial score (nSPS) is 10.2. The highest BCUT2D eigenvalue weighted by Gasteiger charge is 2.45.